The van der Waals surface area contributed by atoms with Crippen LogP contribution in [0.4, 0.5) is 4.39 Å². The van der Waals surface area contributed by atoms with E-state index in [0.717, 1.165) is 0 Å². The molecule has 0 aliphatic carbocycles. The molecule has 1 aromatic carbocycles. The quantitative estimate of drug-likeness (QED) is 0.763. The van der Waals surface area contributed by atoms with E-state index in [1.54, 1.807) is 18.2 Å². The zero-order valence-corrected chi connectivity index (χ0v) is 9.21. The number of rotatable bonds is 6. The Morgan fingerprint density at radius 1 is 1.38 bits per heavy atom. The van der Waals surface area contributed by atoms with Crippen LogP contribution < -0.4 is 11.1 Å². The van der Waals surface area contributed by atoms with Crippen LogP contribution in [0.5, 0.6) is 0 Å². The minimum Gasteiger partial charge on any atom is -0.356 e. The first kappa shape index (κ1) is 12.6. The van der Waals surface area contributed by atoms with Gasteiger partial charge in [-0.2, -0.15) is 0 Å². The van der Waals surface area contributed by atoms with E-state index >= 15 is 0 Å². The summed E-state index contributed by atoms with van der Waals surface area (Å²) in [5.41, 5.74) is 5.91. The molecule has 0 bridgehead atoms. The van der Waals surface area contributed by atoms with Crippen molar-refractivity contribution in [1.82, 2.24) is 5.32 Å². The van der Waals surface area contributed by atoms with Crippen LogP contribution in [0.1, 0.15) is 18.4 Å². The number of nitrogens with one attached hydrogen (secondary N) is 1. The predicted molar refractivity (Wildman–Crippen MR) is 61.4 cm³/mol. The first-order valence-corrected chi connectivity index (χ1v) is 5.44. The van der Waals surface area contributed by atoms with Crippen LogP contribution in [0, 0.1) is 5.82 Å². The van der Waals surface area contributed by atoms with E-state index in [1.807, 2.05) is 0 Å². The average Bonchev–Trinajstić information content (AvgIpc) is 2.29. The summed E-state index contributed by atoms with van der Waals surface area (Å²) in [6, 6.07) is 6.58. The van der Waals surface area contributed by atoms with E-state index in [4.69, 9.17) is 5.73 Å². The van der Waals surface area contributed by atoms with Gasteiger partial charge in [0.25, 0.3) is 0 Å². The molecule has 16 heavy (non-hydrogen) atoms. The number of benzene rings is 1. The fourth-order valence-electron chi connectivity index (χ4n) is 1.39. The fraction of sp³-hybridized carbons (Fsp3) is 0.417. The summed E-state index contributed by atoms with van der Waals surface area (Å²) >= 11 is 0. The Morgan fingerprint density at radius 2 is 2.12 bits per heavy atom. The van der Waals surface area contributed by atoms with E-state index in [0.29, 0.717) is 37.9 Å². The third-order valence-corrected chi connectivity index (χ3v) is 2.28. The molecule has 3 nitrogen and oxygen atoms in total. The highest BCUT2D eigenvalue weighted by Crippen LogP contribution is 2.06. The van der Waals surface area contributed by atoms with Crippen LogP contribution in [0.2, 0.25) is 0 Å². The SMILES string of the molecule is NCCCC(=O)NCCc1ccccc1F. The highest BCUT2D eigenvalue weighted by atomic mass is 19.1. The van der Waals surface area contributed by atoms with Crippen molar-refractivity contribution in [2.75, 3.05) is 13.1 Å². The molecule has 0 fully saturated rings. The van der Waals surface area contributed by atoms with Gasteiger partial charge in [-0.25, -0.2) is 4.39 Å². The van der Waals surface area contributed by atoms with Gasteiger partial charge in [0.15, 0.2) is 0 Å². The van der Waals surface area contributed by atoms with Crippen molar-refractivity contribution in [3.8, 4) is 0 Å². The maximum Gasteiger partial charge on any atom is 0.220 e. The summed E-state index contributed by atoms with van der Waals surface area (Å²) in [6.07, 6.45) is 1.64. The Bertz CT molecular complexity index is 342. The van der Waals surface area contributed by atoms with E-state index in [9.17, 15) is 9.18 Å². The van der Waals surface area contributed by atoms with Crippen molar-refractivity contribution in [2.45, 2.75) is 19.3 Å². The van der Waals surface area contributed by atoms with E-state index < -0.39 is 0 Å². The minimum absolute atomic E-state index is 0.0261. The topological polar surface area (TPSA) is 55.1 Å². The maximum absolute atomic E-state index is 13.2. The van der Waals surface area contributed by atoms with Crippen LogP contribution in [0.3, 0.4) is 0 Å². The second-order valence-electron chi connectivity index (χ2n) is 3.58. The minimum atomic E-state index is -0.223. The van der Waals surface area contributed by atoms with E-state index in [1.165, 1.54) is 6.07 Å². The smallest absolute Gasteiger partial charge is 0.220 e. The molecule has 0 unspecified atom stereocenters. The van der Waals surface area contributed by atoms with Gasteiger partial charge >= 0.3 is 0 Å². The van der Waals surface area contributed by atoms with Crippen molar-refractivity contribution in [3.05, 3.63) is 35.6 Å². The van der Waals surface area contributed by atoms with E-state index in [2.05, 4.69) is 5.32 Å². The second kappa shape index (κ2) is 6.95. The Morgan fingerprint density at radius 3 is 2.81 bits per heavy atom. The molecule has 4 heteroatoms. The summed E-state index contributed by atoms with van der Waals surface area (Å²) in [5, 5.41) is 2.73. The van der Waals surface area contributed by atoms with Crippen molar-refractivity contribution in [2.24, 2.45) is 5.73 Å². The van der Waals surface area contributed by atoms with Crippen LogP contribution in [-0.2, 0) is 11.2 Å². The molecule has 0 heterocycles. The average molecular weight is 224 g/mol. The van der Waals surface area contributed by atoms with Crippen molar-refractivity contribution < 1.29 is 9.18 Å². The Hall–Kier alpha value is -1.42. The molecule has 0 atom stereocenters. The fourth-order valence-corrected chi connectivity index (χ4v) is 1.39. The third-order valence-electron chi connectivity index (χ3n) is 2.28. The number of carbonyl (C=O) groups is 1. The van der Waals surface area contributed by atoms with Crippen LogP contribution in [-0.4, -0.2) is 19.0 Å². The molecule has 1 rings (SSSR count). The molecular weight excluding hydrogens is 207 g/mol. The zero-order valence-electron chi connectivity index (χ0n) is 9.21. The number of nitrogens with two attached hydrogens (primary N) is 1. The highest BCUT2D eigenvalue weighted by molar-refractivity contribution is 5.75. The number of hydrogen-bond donors (Lipinski definition) is 2. The van der Waals surface area contributed by atoms with Gasteiger partial charge in [-0.3, -0.25) is 4.79 Å². The van der Waals surface area contributed by atoms with Gasteiger partial charge in [-0.1, -0.05) is 18.2 Å². The molecule has 0 aliphatic heterocycles. The Kier molecular flexibility index (Phi) is 5.50. The molecule has 0 radical (unpaired) electrons. The van der Waals surface area contributed by atoms with Crippen molar-refractivity contribution in [1.29, 1.82) is 0 Å². The summed E-state index contributed by atoms with van der Waals surface area (Å²) < 4.78 is 13.2. The van der Waals surface area contributed by atoms with Crippen LogP contribution >= 0.6 is 0 Å². The Balaban J connectivity index is 2.25. The molecule has 1 amide bonds. The van der Waals surface area contributed by atoms with Crippen molar-refractivity contribution >= 4 is 5.91 Å². The number of halogens is 1. The number of hydrogen-bond acceptors (Lipinski definition) is 2. The van der Waals surface area contributed by atoms with Crippen LogP contribution in [0.25, 0.3) is 0 Å². The molecule has 3 N–H and O–H groups in total. The lowest BCUT2D eigenvalue weighted by atomic mass is 10.1. The van der Waals surface area contributed by atoms with Crippen LogP contribution in [0.15, 0.2) is 24.3 Å². The second-order valence-corrected chi connectivity index (χ2v) is 3.58. The lowest BCUT2D eigenvalue weighted by molar-refractivity contribution is -0.121. The van der Waals surface area contributed by atoms with Gasteiger partial charge in [0.1, 0.15) is 5.82 Å². The number of amides is 1. The largest absolute Gasteiger partial charge is 0.356 e. The summed E-state index contributed by atoms with van der Waals surface area (Å²) in [6.45, 7) is 0.977. The molecule has 0 aliphatic rings. The van der Waals surface area contributed by atoms with E-state index in [-0.39, 0.29) is 11.7 Å². The first-order valence-electron chi connectivity index (χ1n) is 5.44. The molecule has 1 aromatic rings. The standard InChI is InChI=1S/C12H17FN2O/c13-11-5-2-1-4-10(11)7-9-15-12(16)6-3-8-14/h1-2,4-5H,3,6-9,14H2,(H,15,16). The van der Waals surface area contributed by atoms with Gasteiger partial charge in [0.2, 0.25) is 5.91 Å². The van der Waals surface area contributed by atoms with Gasteiger partial charge < -0.3 is 11.1 Å². The molecule has 0 saturated heterocycles. The summed E-state index contributed by atoms with van der Waals surface area (Å²) in [4.78, 5) is 11.2. The lowest BCUT2D eigenvalue weighted by Crippen LogP contribution is -2.26. The van der Waals surface area contributed by atoms with Crippen molar-refractivity contribution in [3.63, 3.8) is 0 Å². The molecular formula is C12H17FN2O. The predicted octanol–water partition coefficient (Wildman–Crippen LogP) is 1.22. The van der Waals surface area contributed by atoms with Gasteiger partial charge in [0, 0.05) is 13.0 Å². The normalized spacial score (nSPS) is 10.1. The zero-order chi connectivity index (χ0) is 11.8. The maximum atomic E-state index is 13.2. The third kappa shape index (κ3) is 4.40. The first-order chi connectivity index (χ1) is 7.74. The van der Waals surface area contributed by atoms with Gasteiger partial charge in [-0.05, 0) is 31.0 Å². The molecule has 0 spiro atoms. The lowest BCUT2D eigenvalue weighted by Gasteiger charge is -2.05. The molecule has 0 aromatic heterocycles. The van der Waals surface area contributed by atoms with Gasteiger partial charge in [-0.15, -0.1) is 0 Å². The molecule has 88 valence electrons. The summed E-state index contributed by atoms with van der Waals surface area (Å²) in [7, 11) is 0. The summed E-state index contributed by atoms with van der Waals surface area (Å²) in [5.74, 6) is -0.250. The molecule has 0 saturated carbocycles. The highest BCUT2D eigenvalue weighted by Gasteiger charge is 2.02. The Labute approximate surface area is 94.8 Å². The monoisotopic (exact) mass is 224 g/mol. The number of carbonyl (C=O) groups excluding carboxylic acids is 1. The van der Waals surface area contributed by atoms with Gasteiger partial charge in [0.05, 0.1) is 0 Å².